The molecule has 0 saturated carbocycles. The quantitative estimate of drug-likeness (QED) is 0.132. The van der Waals surface area contributed by atoms with E-state index in [0.717, 1.165) is 47.3 Å². The van der Waals surface area contributed by atoms with Crippen LogP contribution in [0.25, 0.3) is 76.1 Å². The Labute approximate surface area is 400 Å². The van der Waals surface area contributed by atoms with Crippen molar-refractivity contribution in [2.75, 3.05) is 0 Å². The van der Waals surface area contributed by atoms with Gasteiger partial charge in [0.2, 0.25) is 0 Å². The summed E-state index contributed by atoms with van der Waals surface area (Å²) in [4.78, 5) is 5.44. The molecule has 1 nitrogen and oxygen atoms in total. The summed E-state index contributed by atoms with van der Waals surface area (Å²) in [6, 6.07) is 60.1. The van der Waals surface area contributed by atoms with Gasteiger partial charge >= 0.3 is 0 Å². The average Bonchev–Trinajstić information content (AvgIpc) is 3.74. The van der Waals surface area contributed by atoms with Crippen molar-refractivity contribution < 1.29 is 0 Å². The van der Waals surface area contributed by atoms with Gasteiger partial charge < -0.3 is 0 Å². The van der Waals surface area contributed by atoms with E-state index < -0.39 is 0 Å². The van der Waals surface area contributed by atoms with Crippen LogP contribution in [-0.2, 0) is 0 Å². The average molecular weight is 882 g/mol. The van der Waals surface area contributed by atoms with Crippen LogP contribution in [0.4, 0.5) is 0 Å². The molecule has 0 fully saturated rings. The van der Waals surface area contributed by atoms with Gasteiger partial charge in [-0.1, -0.05) is 220 Å². The number of hydrogen-bond donors (Lipinski definition) is 0. The number of benzene rings is 6. The van der Waals surface area contributed by atoms with Crippen LogP contribution in [0.2, 0.25) is 0 Å². The van der Waals surface area contributed by atoms with E-state index in [0.29, 0.717) is 11.8 Å². The van der Waals surface area contributed by atoms with Gasteiger partial charge in [-0.15, -0.1) is 11.3 Å². The van der Waals surface area contributed by atoms with E-state index in [-0.39, 0.29) is 0 Å². The Balaban J connectivity index is 1.05. The van der Waals surface area contributed by atoms with Gasteiger partial charge in [-0.3, -0.25) is 0 Å². The molecule has 2 aliphatic carbocycles. The largest absolute Gasteiger partial charge is 0.248 e. The van der Waals surface area contributed by atoms with Crippen LogP contribution in [0.3, 0.4) is 0 Å². The molecule has 2 aliphatic rings. The fourth-order valence-corrected chi connectivity index (χ4v) is 10.6. The summed E-state index contributed by atoms with van der Waals surface area (Å²) in [6.07, 6.45) is 27.3. The van der Waals surface area contributed by atoms with Crippen LogP contribution >= 0.6 is 11.3 Å². The van der Waals surface area contributed by atoms with Gasteiger partial charge in [0.05, 0.1) is 11.4 Å². The van der Waals surface area contributed by atoms with Crippen LogP contribution in [0.1, 0.15) is 62.3 Å². The number of thiophene rings is 1. The Morgan fingerprint density at radius 3 is 1.93 bits per heavy atom. The smallest absolute Gasteiger partial charge is 0.0715 e. The zero-order chi connectivity index (χ0) is 45.5. The lowest BCUT2D eigenvalue weighted by molar-refractivity contribution is 0.664. The van der Waals surface area contributed by atoms with Crippen LogP contribution in [0.5, 0.6) is 0 Å². The normalized spacial score (nSPS) is 19.4. The van der Waals surface area contributed by atoms with Crippen molar-refractivity contribution in [1.29, 1.82) is 0 Å². The second-order valence-electron chi connectivity index (χ2n) is 17.9. The van der Waals surface area contributed by atoms with Gasteiger partial charge in [0.25, 0.3) is 0 Å². The number of fused-ring (bicyclic) bond motifs is 3. The summed E-state index contributed by atoms with van der Waals surface area (Å²) in [5.74, 6) is 0.890. The highest BCUT2D eigenvalue weighted by Crippen LogP contribution is 2.40. The van der Waals surface area contributed by atoms with Crippen LogP contribution in [0.15, 0.2) is 236 Å². The zero-order valence-electron chi connectivity index (χ0n) is 38.6. The number of pyridine rings is 1. The summed E-state index contributed by atoms with van der Waals surface area (Å²) in [5.41, 5.74) is 18.0. The van der Waals surface area contributed by atoms with Gasteiger partial charge in [-0.05, 0) is 124 Å². The molecule has 0 spiro atoms. The van der Waals surface area contributed by atoms with E-state index in [1.807, 2.05) is 11.3 Å². The molecular weight excluding hydrogens is 827 g/mol. The van der Waals surface area contributed by atoms with Gasteiger partial charge in [0, 0.05) is 31.3 Å². The third-order valence-corrected chi connectivity index (χ3v) is 14.6. The highest BCUT2D eigenvalue weighted by molar-refractivity contribution is 7.25. The van der Waals surface area contributed by atoms with Crippen molar-refractivity contribution in [1.82, 2.24) is 4.98 Å². The molecule has 2 unspecified atom stereocenters. The Morgan fingerprint density at radius 1 is 0.537 bits per heavy atom. The van der Waals surface area contributed by atoms with E-state index in [1.54, 1.807) is 0 Å². The maximum Gasteiger partial charge on any atom is 0.0715 e. The lowest BCUT2D eigenvalue weighted by atomic mass is 9.88. The fraction of sp³-hybridized carbons (Fsp3) is 0.123. The molecule has 2 atom stereocenters. The SMILES string of the molecule is C/C(=C(\C/C=C1/C=CC=CC1C)c1ccccc1)c1ccc(-c2cc(-c3ccc4c(c3)sc3ccccc34)cc(-c3ccc(/C4=C(\c5ccccc5)CCC(C)/C=C\C=C/C=C4)cc3)n2)cc1. The monoisotopic (exact) mass is 881 g/mol. The highest BCUT2D eigenvalue weighted by Gasteiger charge is 2.16. The summed E-state index contributed by atoms with van der Waals surface area (Å²) in [7, 11) is 0. The molecule has 10 rings (SSSR count). The fourth-order valence-electron chi connectivity index (χ4n) is 9.49. The van der Waals surface area contributed by atoms with Crippen molar-refractivity contribution in [2.45, 2.75) is 40.0 Å². The van der Waals surface area contributed by atoms with E-state index in [9.17, 15) is 0 Å². The molecule has 0 amide bonds. The van der Waals surface area contributed by atoms with Crippen LogP contribution in [0, 0.1) is 11.8 Å². The van der Waals surface area contributed by atoms with E-state index in [4.69, 9.17) is 4.98 Å². The topological polar surface area (TPSA) is 12.9 Å². The molecular formula is C65H55NS. The van der Waals surface area contributed by atoms with Crippen molar-refractivity contribution in [3.8, 4) is 33.6 Å². The molecule has 0 radical (unpaired) electrons. The second-order valence-corrected chi connectivity index (χ2v) is 19.0. The molecule has 8 aromatic rings. The highest BCUT2D eigenvalue weighted by atomic mass is 32.1. The van der Waals surface area contributed by atoms with Crippen LogP contribution in [-0.4, -0.2) is 4.98 Å². The predicted octanol–water partition coefficient (Wildman–Crippen LogP) is 18.5. The molecule has 2 heteroatoms. The number of aromatic nitrogens is 1. The maximum atomic E-state index is 5.44. The number of nitrogens with zero attached hydrogens (tertiary/aromatic N) is 1. The first-order valence-electron chi connectivity index (χ1n) is 23.7. The Morgan fingerprint density at radius 2 is 1.16 bits per heavy atom. The van der Waals surface area contributed by atoms with Gasteiger partial charge in [0.1, 0.15) is 0 Å². The maximum absolute atomic E-state index is 5.44. The number of rotatable bonds is 9. The van der Waals surface area contributed by atoms with Crippen molar-refractivity contribution in [3.05, 3.63) is 258 Å². The standard InChI is InChI=1S/C65H55NS/c1-45-18-8-4-5-13-25-58(59(39-28-45)51-23-11-7-12-24-51)52-31-35-54(36-32-52)63-43-56(55-38-41-61-60-26-16-17-27-64(60)67-65(61)44-55)42-62(66-63)53-33-29-49(30-34-53)47(3)57(50-21-9-6-10-22-50)40-37-48-20-15-14-19-46(48)2/h4-27,29-38,41-46H,28,39-40H2,1-3H3/b5-4-,18-8-,25-13?,48-37-,57-47-,59-58-. The molecule has 2 heterocycles. The number of allylic oxidation sites excluding steroid dienone is 16. The molecule has 0 aliphatic heterocycles. The van der Waals surface area contributed by atoms with E-state index in [1.165, 1.54) is 75.9 Å². The van der Waals surface area contributed by atoms with Gasteiger partial charge in [-0.2, -0.15) is 0 Å². The second kappa shape index (κ2) is 20.0. The summed E-state index contributed by atoms with van der Waals surface area (Å²) in [5, 5.41) is 2.62. The van der Waals surface area contributed by atoms with Crippen molar-refractivity contribution in [2.24, 2.45) is 11.8 Å². The number of hydrogen-bond acceptors (Lipinski definition) is 2. The Kier molecular flexibility index (Phi) is 13.0. The first-order valence-corrected chi connectivity index (χ1v) is 24.5. The van der Waals surface area contributed by atoms with Crippen LogP contribution < -0.4 is 0 Å². The molecule has 6 aromatic carbocycles. The van der Waals surface area contributed by atoms with Gasteiger partial charge in [0.15, 0.2) is 0 Å². The Bertz CT molecular complexity index is 3310. The minimum atomic E-state index is 0.409. The lowest BCUT2D eigenvalue weighted by Crippen LogP contribution is -1.97. The molecule has 0 bridgehead atoms. The van der Waals surface area contributed by atoms with Crippen molar-refractivity contribution >= 4 is 53.8 Å². The summed E-state index contributed by atoms with van der Waals surface area (Å²) >= 11 is 1.86. The Hall–Kier alpha value is -7.39. The lowest BCUT2D eigenvalue weighted by Gasteiger charge is -2.17. The third-order valence-electron chi connectivity index (χ3n) is 13.4. The molecule has 2 aromatic heterocycles. The minimum Gasteiger partial charge on any atom is -0.248 e. The van der Waals surface area contributed by atoms with Gasteiger partial charge in [-0.25, -0.2) is 4.98 Å². The molecule has 0 saturated heterocycles. The van der Waals surface area contributed by atoms with E-state index >= 15 is 0 Å². The molecule has 0 N–H and O–H groups in total. The first-order chi connectivity index (χ1) is 32.9. The summed E-state index contributed by atoms with van der Waals surface area (Å²) < 4.78 is 2.61. The zero-order valence-corrected chi connectivity index (χ0v) is 39.4. The minimum absolute atomic E-state index is 0.409. The van der Waals surface area contributed by atoms with E-state index in [2.05, 4.69) is 251 Å². The first kappa shape index (κ1) is 43.5. The predicted molar refractivity (Wildman–Crippen MR) is 292 cm³/mol. The molecule has 326 valence electrons. The van der Waals surface area contributed by atoms with Crippen molar-refractivity contribution in [3.63, 3.8) is 0 Å². The molecule has 67 heavy (non-hydrogen) atoms. The third kappa shape index (κ3) is 9.78. The summed E-state index contributed by atoms with van der Waals surface area (Å²) in [6.45, 7) is 6.85.